The number of nitrogens with zero attached hydrogens (tertiary/aromatic N) is 1. The van der Waals surface area contributed by atoms with Crippen LogP contribution in [0.2, 0.25) is 0 Å². The molecular weight excluding hydrogens is 302 g/mol. The van der Waals surface area contributed by atoms with Crippen molar-refractivity contribution in [3.63, 3.8) is 0 Å². The van der Waals surface area contributed by atoms with Crippen LogP contribution in [0.15, 0.2) is 23.1 Å². The van der Waals surface area contributed by atoms with Gasteiger partial charge in [-0.25, -0.2) is 8.42 Å². The molecule has 3 rings (SSSR count). The van der Waals surface area contributed by atoms with E-state index in [1.807, 2.05) is 6.92 Å². The Bertz CT molecular complexity index is 702. The summed E-state index contributed by atoms with van der Waals surface area (Å²) < 4.78 is 27.2. The molecule has 0 aliphatic carbocycles. The monoisotopic (exact) mass is 323 g/mol. The Kier molecular flexibility index (Phi) is 3.96. The summed E-state index contributed by atoms with van der Waals surface area (Å²) in [5, 5.41) is 2.75. The molecule has 0 spiro atoms. The van der Waals surface area contributed by atoms with E-state index < -0.39 is 10.0 Å². The second-order valence-electron chi connectivity index (χ2n) is 6.07. The number of hydrogen-bond donors (Lipinski definition) is 2. The normalized spacial score (nSPS) is 26.4. The maximum absolute atomic E-state index is 12.9. The van der Waals surface area contributed by atoms with Gasteiger partial charge in [-0.1, -0.05) is 6.07 Å². The first-order chi connectivity index (χ1) is 10.4. The second kappa shape index (κ2) is 5.64. The van der Waals surface area contributed by atoms with Crippen molar-refractivity contribution >= 4 is 15.9 Å². The molecule has 2 aliphatic rings. The van der Waals surface area contributed by atoms with E-state index in [1.165, 1.54) is 10.4 Å². The molecule has 1 amide bonds. The fourth-order valence-electron chi connectivity index (χ4n) is 3.23. The van der Waals surface area contributed by atoms with Crippen LogP contribution in [0.1, 0.15) is 35.7 Å². The van der Waals surface area contributed by atoms with E-state index in [0.717, 1.165) is 12.0 Å². The van der Waals surface area contributed by atoms with Crippen LogP contribution in [-0.2, 0) is 16.4 Å². The van der Waals surface area contributed by atoms with Gasteiger partial charge in [0, 0.05) is 30.7 Å². The number of fused-ring (bicyclic) bond motifs is 1. The SMILES string of the molecule is C[C@@H]1C[C@H](N)CCN1S(=O)(=O)c1ccc2c(c1)C(=O)NCC2. The molecule has 1 saturated heterocycles. The minimum absolute atomic E-state index is 0.0516. The number of amides is 1. The van der Waals surface area contributed by atoms with Crippen LogP contribution in [0.3, 0.4) is 0 Å². The van der Waals surface area contributed by atoms with Gasteiger partial charge in [0.25, 0.3) is 5.91 Å². The number of hydrogen-bond acceptors (Lipinski definition) is 4. The molecule has 0 unspecified atom stereocenters. The molecule has 1 aromatic carbocycles. The average Bonchev–Trinajstić information content (AvgIpc) is 2.47. The van der Waals surface area contributed by atoms with E-state index in [-0.39, 0.29) is 22.9 Å². The first-order valence-corrected chi connectivity index (χ1v) is 9.02. The quantitative estimate of drug-likeness (QED) is 0.827. The summed E-state index contributed by atoms with van der Waals surface area (Å²) in [5.74, 6) is -0.202. The van der Waals surface area contributed by atoms with Crippen molar-refractivity contribution in [3.05, 3.63) is 29.3 Å². The molecule has 0 saturated carbocycles. The second-order valence-corrected chi connectivity index (χ2v) is 7.96. The molecule has 2 heterocycles. The summed E-state index contributed by atoms with van der Waals surface area (Å²) >= 11 is 0. The van der Waals surface area contributed by atoms with E-state index in [9.17, 15) is 13.2 Å². The fraction of sp³-hybridized carbons (Fsp3) is 0.533. The van der Waals surface area contributed by atoms with Crippen LogP contribution >= 0.6 is 0 Å². The first kappa shape index (κ1) is 15.5. The molecule has 22 heavy (non-hydrogen) atoms. The van der Waals surface area contributed by atoms with Crippen molar-refractivity contribution in [3.8, 4) is 0 Å². The number of nitrogens with two attached hydrogens (primary N) is 1. The van der Waals surface area contributed by atoms with Gasteiger partial charge in [-0.3, -0.25) is 4.79 Å². The van der Waals surface area contributed by atoms with Crippen molar-refractivity contribution in [2.24, 2.45) is 5.73 Å². The molecule has 6 nitrogen and oxygen atoms in total. The lowest BCUT2D eigenvalue weighted by molar-refractivity contribution is 0.0945. The van der Waals surface area contributed by atoms with Crippen LogP contribution in [0.25, 0.3) is 0 Å². The third kappa shape index (κ3) is 2.64. The zero-order valence-electron chi connectivity index (χ0n) is 12.6. The average molecular weight is 323 g/mol. The van der Waals surface area contributed by atoms with Gasteiger partial charge >= 0.3 is 0 Å². The number of rotatable bonds is 2. The van der Waals surface area contributed by atoms with E-state index in [2.05, 4.69) is 5.32 Å². The van der Waals surface area contributed by atoms with E-state index in [4.69, 9.17) is 5.73 Å². The molecule has 1 fully saturated rings. The standard InChI is InChI=1S/C15H21N3O3S/c1-10-8-12(16)5-7-18(10)22(20,21)13-3-2-11-4-6-17-15(19)14(11)9-13/h2-3,9-10,12H,4-8,16H2,1H3,(H,17,19)/t10-,12-/m1/s1. The maximum Gasteiger partial charge on any atom is 0.251 e. The number of piperidine rings is 1. The van der Waals surface area contributed by atoms with Crippen molar-refractivity contribution in [2.75, 3.05) is 13.1 Å². The maximum atomic E-state index is 12.9. The molecule has 2 aliphatic heterocycles. The molecular formula is C15H21N3O3S. The summed E-state index contributed by atoms with van der Waals surface area (Å²) in [6.07, 6.45) is 2.05. The van der Waals surface area contributed by atoms with Crippen LogP contribution in [-0.4, -0.2) is 43.8 Å². The molecule has 0 bridgehead atoms. The zero-order valence-corrected chi connectivity index (χ0v) is 13.4. The summed E-state index contributed by atoms with van der Waals surface area (Å²) in [6, 6.07) is 4.78. The molecule has 1 aromatic rings. The van der Waals surface area contributed by atoms with Gasteiger partial charge in [0.1, 0.15) is 0 Å². The highest BCUT2D eigenvalue weighted by Crippen LogP contribution is 2.27. The zero-order chi connectivity index (χ0) is 15.9. The van der Waals surface area contributed by atoms with E-state index in [0.29, 0.717) is 31.5 Å². The molecule has 0 radical (unpaired) electrons. The Balaban J connectivity index is 1.96. The fourth-order valence-corrected chi connectivity index (χ4v) is 4.91. The van der Waals surface area contributed by atoms with Crippen molar-refractivity contribution in [2.45, 2.75) is 43.2 Å². The van der Waals surface area contributed by atoms with Crippen molar-refractivity contribution in [1.82, 2.24) is 9.62 Å². The largest absolute Gasteiger partial charge is 0.352 e. The Labute approximate surface area is 130 Å². The third-order valence-corrected chi connectivity index (χ3v) is 6.48. The lowest BCUT2D eigenvalue weighted by Gasteiger charge is -2.35. The van der Waals surface area contributed by atoms with Gasteiger partial charge in [-0.05, 0) is 43.9 Å². The number of carbonyl (C=O) groups is 1. The van der Waals surface area contributed by atoms with Crippen molar-refractivity contribution < 1.29 is 13.2 Å². The predicted octanol–water partition coefficient (Wildman–Crippen LogP) is 0.473. The predicted molar refractivity (Wildman–Crippen MR) is 83.0 cm³/mol. The van der Waals surface area contributed by atoms with Crippen LogP contribution < -0.4 is 11.1 Å². The molecule has 3 N–H and O–H groups in total. The van der Waals surface area contributed by atoms with Gasteiger partial charge < -0.3 is 11.1 Å². The van der Waals surface area contributed by atoms with Gasteiger partial charge in [-0.2, -0.15) is 4.31 Å². The topological polar surface area (TPSA) is 92.5 Å². The lowest BCUT2D eigenvalue weighted by atomic mass is 10.0. The summed E-state index contributed by atoms with van der Waals surface area (Å²) in [5.41, 5.74) is 7.27. The van der Waals surface area contributed by atoms with Gasteiger partial charge in [-0.15, -0.1) is 0 Å². The lowest BCUT2D eigenvalue weighted by Crippen LogP contribution is -2.48. The number of sulfonamides is 1. The van der Waals surface area contributed by atoms with Crippen LogP contribution in [0.5, 0.6) is 0 Å². The number of carbonyl (C=O) groups excluding carboxylic acids is 1. The van der Waals surface area contributed by atoms with E-state index in [1.54, 1.807) is 12.1 Å². The van der Waals surface area contributed by atoms with Crippen LogP contribution in [0, 0.1) is 0 Å². The minimum atomic E-state index is -3.59. The number of nitrogens with one attached hydrogen (secondary N) is 1. The first-order valence-electron chi connectivity index (χ1n) is 7.58. The highest BCUT2D eigenvalue weighted by molar-refractivity contribution is 7.89. The molecule has 120 valence electrons. The molecule has 7 heteroatoms. The Morgan fingerprint density at radius 1 is 1.36 bits per heavy atom. The van der Waals surface area contributed by atoms with E-state index >= 15 is 0 Å². The summed E-state index contributed by atoms with van der Waals surface area (Å²) in [7, 11) is -3.59. The summed E-state index contributed by atoms with van der Waals surface area (Å²) in [4.78, 5) is 12.1. The highest BCUT2D eigenvalue weighted by Gasteiger charge is 2.34. The number of benzene rings is 1. The Morgan fingerprint density at radius 2 is 2.14 bits per heavy atom. The Hall–Kier alpha value is -1.44. The Morgan fingerprint density at radius 3 is 2.86 bits per heavy atom. The summed E-state index contributed by atoms with van der Waals surface area (Å²) in [6.45, 7) is 2.90. The van der Waals surface area contributed by atoms with Gasteiger partial charge in [0.15, 0.2) is 0 Å². The molecule has 0 aromatic heterocycles. The highest BCUT2D eigenvalue weighted by atomic mass is 32.2. The molecule has 2 atom stereocenters. The van der Waals surface area contributed by atoms with Crippen molar-refractivity contribution in [1.29, 1.82) is 0 Å². The van der Waals surface area contributed by atoms with Gasteiger partial charge in [0.2, 0.25) is 10.0 Å². The van der Waals surface area contributed by atoms with Crippen LogP contribution in [0.4, 0.5) is 0 Å². The third-order valence-electron chi connectivity index (χ3n) is 4.47. The van der Waals surface area contributed by atoms with Gasteiger partial charge in [0.05, 0.1) is 4.90 Å². The minimum Gasteiger partial charge on any atom is -0.352 e. The smallest absolute Gasteiger partial charge is 0.251 e.